The maximum Gasteiger partial charge on any atom is 0.267 e. The van der Waals surface area contributed by atoms with Crippen LogP contribution in [0, 0.1) is 0 Å². The molecule has 9 heteroatoms. The van der Waals surface area contributed by atoms with Crippen LogP contribution in [-0.2, 0) is 10.0 Å². The van der Waals surface area contributed by atoms with E-state index in [1.807, 2.05) is 0 Å². The van der Waals surface area contributed by atoms with Crippen molar-refractivity contribution in [3.63, 3.8) is 0 Å². The van der Waals surface area contributed by atoms with Gasteiger partial charge in [-0.3, -0.25) is 0 Å². The highest BCUT2D eigenvalue weighted by molar-refractivity contribution is 7.89. The highest BCUT2D eigenvalue weighted by atomic mass is 32.2. The molecule has 0 spiro atoms. The Kier molecular flexibility index (Phi) is 3.29. The van der Waals surface area contributed by atoms with Crippen molar-refractivity contribution in [3.05, 3.63) is 11.6 Å². The second kappa shape index (κ2) is 4.18. The van der Waals surface area contributed by atoms with Gasteiger partial charge < -0.3 is 9.84 Å². The Labute approximate surface area is 89.7 Å². The zero-order valence-electron chi connectivity index (χ0n) is 8.02. The second-order valence-corrected chi connectivity index (χ2v) is 4.26. The van der Waals surface area contributed by atoms with Gasteiger partial charge in [0.15, 0.2) is 10.8 Å². The quantitative estimate of drug-likeness (QED) is 0.811. The zero-order valence-corrected chi connectivity index (χ0v) is 8.83. The number of pyridine rings is 1. The standard InChI is InChI=1S/C7H8F2N2O4S/c1-15-7-5(12)3(6(8)9)2-4(11-7)16(10,13)14/h2,6,12H,1H3,(H2,10,13,14). The Bertz CT molecular complexity index is 503. The molecule has 16 heavy (non-hydrogen) atoms. The average Bonchev–Trinajstić information content (AvgIpc) is 2.15. The van der Waals surface area contributed by atoms with Crippen LogP contribution in [0.15, 0.2) is 11.1 Å². The number of methoxy groups -OCH3 is 1. The van der Waals surface area contributed by atoms with Crippen molar-refractivity contribution in [2.24, 2.45) is 5.14 Å². The van der Waals surface area contributed by atoms with Gasteiger partial charge in [-0.15, -0.1) is 0 Å². The Morgan fingerprint density at radius 1 is 1.56 bits per heavy atom. The molecule has 0 aliphatic carbocycles. The minimum atomic E-state index is -4.24. The van der Waals surface area contributed by atoms with Gasteiger partial charge in [-0.25, -0.2) is 22.3 Å². The molecule has 0 aromatic carbocycles. The number of aromatic hydroxyl groups is 1. The van der Waals surface area contributed by atoms with Crippen LogP contribution in [0.25, 0.3) is 0 Å². The molecule has 3 N–H and O–H groups in total. The van der Waals surface area contributed by atoms with Crippen LogP contribution in [0.3, 0.4) is 0 Å². The summed E-state index contributed by atoms with van der Waals surface area (Å²) < 4.78 is 51.2. The molecule has 0 amide bonds. The molecular formula is C7H8F2N2O4S. The molecule has 1 aromatic heterocycles. The van der Waals surface area contributed by atoms with Crippen LogP contribution >= 0.6 is 0 Å². The summed E-state index contributed by atoms with van der Waals surface area (Å²) in [6.07, 6.45) is -3.07. The summed E-state index contributed by atoms with van der Waals surface area (Å²) in [5.74, 6) is -1.54. The third kappa shape index (κ3) is 2.36. The lowest BCUT2D eigenvalue weighted by atomic mass is 10.2. The van der Waals surface area contributed by atoms with Gasteiger partial charge in [0.25, 0.3) is 22.3 Å². The molecule has 0 atom stereocenters. The van der Waals surface area contributed by atoms with Crippen molar-refractivity contribution < 1.29 is 27.0 Å². The van der Waals surface area contributed by atoms with Crippen LogP contribution in [0.2, 0.25) is 0 Å². The number of nitrogens with two attached hydrogens (primary N) is 1. The molecular weight excluding hydrogens is 246 g/mol. The summed E-state index contributed by atoms with van der Waals surface area (Å²) in [4.78, 5) is 3.29. The molecule has 0 unspecified atom stereocenters. The summed E-state index contributed by atoms with van der Waals surface area (Å²) >= 11 is 0. The smallest absolute Gasteiger partial charge is 0.267 e. The SMILES string of the molecule is COc1nc(S(N)(=O)=O)cc(C(F)F)c1O. The van der Waals surface area contributed by atoms with E-state index in [1.54, 1.807) is 0 Å². The van der Waals surface area contributed by atoms with Gasteiger partial charge in [-0.2, -0.15) is 4.98 Å². The first-order chi connectivity index (χ1) is 7.27. The summed E-state index contributed by atoms with van der Waals surface area (Å²) in [5.41, 5.74) is -0.907. The fourth-order valence-corrected chi connectivity index (χ4v) is 1.47. The number of rotatable bonds is 3. The number of aromatic nitrogens is 1. The van der Waals surface area contributed by atoms with Crippen molar-refractivity contribution >= 4 is 10.0 Å². The van der Waals surface area contributed by atoms with Crippen molar-refractivity contribution in [1.29, 1.82) is 0 Å². The van der Waals surface area contributed by atoms with Crippen molar-refractivity contribution in [2.45, 2.75) is 11.5 Å². The van der Waals surface area contributed by atoms with E-state index in [9.17, 15) is 22.3 Å². The monoisotopic (exact) mass is 254 g/mol. The molecule has 90 valence electrons. The lowest BCUT2D eigenvalue weighted by Gasteiger charge is -2.09. The van der Waals surface area contributed by atoms with Crippen LogP contribution in [-0.4, -0.2) is 25.6 Å². The highest BCUT2D eigenvalue weighted by Gasteiger charge is 2.23. The number of ether oxygens (including phenoxy) is 1. The first kappa shape index (κ1) is 12.6. The molecule has 6 nitrogen and oxygen atoms in total. The van der Waals surface area contributed by atoms with Crippen LogP contribution < -0.4 is 9.88 Å². The maximum absolute atomic E-state index is 12.4. The molecule has 0 fully saturated rings. The Morgan fingerprint density at radius 2 is 2.12 bits per heavy atom. The zero-order chi connectivity index (χ0) is 12.5. The van der Waals surface area contributed by atoms with E-state index in [2.05, 4.69) is 9.72 Å². The van der Waals surface area contributed by atoms with Crippen LogP contribution in [0.5, 0.6) is 11.6 Å². The Morgan fingerprint density at radius 3 is 2.50 bits per heavy atom. The van der Waals surface area contributed by atoms with E-state index in [-0.39, 0.29) is 0 Å². The van der Waals surface area contributed by atoms with E-state index in [0.29, 0.717) is 6.07 Å². The van der Waals surface area contributed by atoms with Gasteiger partial charge in [0.2, 0.25) is 0 Å². The third-order valence-electron chi connectivity index (χ3n) is 1.69. The largest absolute Gasteiger partial charge is 0.503 e. The lowest BCUT2D eigenvalue weighted by Crippen LogP contribution is -2.15. The first-order valence-corrected chi connectivity index (χ1v) is 5.41. The molecule has 0 bridgehead atoms. The summed E-state index contributed by atoms with van der Waals surface area (Å²) in [6.45, 7) is 0. The first-order valence-electron chi connectivity index (χ1n) is 3.86. The van der Waals surface area contributed by atoms with Crippen molar-refractivity contribution in [3.8, 4) is 11.6 Å². The number of sulfonamides is 1. The van der Waals surface area contributed by atoms with Crippen LogP contribution in [0.4, 0.5) is 8.78 Å². The molecule has 1 rings (SSSR count). The Hall–Kier alpha value is -1.48. The molecule has 1 aromatic rings. The lowest BCUT2D eigenvalue weighted by molar-refractivity contribution is 0.145. The predicted octanol–water partition coefficient (Wildman–Crippen LogP) is 0.381. The summed E-state index contributed by atoms with van der Waals surface area (Å²) in [5, 5.41) is 13.2. The minimum absolute atomic E-state index is 0.498. The van der Waals surface area contributed by atoms with E-state index in [1.165, 1.54) is 0 Å². The van der Waals surface area contributed by atoms with Gasteiger partial charge in [0, 0.05) is 0 Å². The van der Waals surface area contributed by atoms with Gasteiger partial charge in [0.05, 0.1) is 12.7 Å². The van der Waals surface area contributed by atoms with E-state index >= 15 is 0 Å². The van der Waals surface area contributed by atoms with E-state index < -0.39 is 38.7 Å². The highest BCUT2D eigenvalue weighted by Crippen LogP contribution is 2.35. The predicted molar refractivity (Wildman–Crippen MR) is 48.8 cm³/mol. The molecule has 0 aliphatic heterocycles. The van der Waals surface area contributed by atoms with Crippen LogP contribution in [0.1, 0.15) is 12.0 Å². The fraction of sp³-hybridized carbons (Fsp3) is 0.286. The Balaban J connectivity index is 3.53. The van der Waals surface area contributed by atoms with Gasteiger partial charge in [-0.1, -0.05) is 0 Å². The third-order valence-corrected chi connectivity index (χ3v) is 2.48. The topological polar surface area (TPSA) is 103 Å². The average molecular weight is 254 g/mol. The van der Waals surface area contributed by atoms with E-state index in [0.717, 1.165) is 7.11 Å². The van der Waals surface area contributed by atoms with Crippen molar-refractivity contribution in [1.82, 2.24) is 4.98 Å². The number of hydrogen-bond donors (Lipinski definition) is 2. The van der Waals surface area contributed by atoms with Gasteiger partial charge >= 0.3 is 0 Å². The van der Waals surface area contributed by atoms with E-state index in [4.69, 9.17) is 5.14 Å². The number of alkyl halides is 2. The second-order valence-electron chi connectivity index (χ2n) is 2.75. The fourth-order valence-electron chi connectivity index (χ4n) is 0.965. The molecule has 0 aliphatic rings. The minimum Gasteiger partial charge on any atom is -0.503 e. The molecule has 0 saturated carbocycles. The normalized spacial score (nSPS) is 11.8. The number of primary sulfonamides is 1. The van der Waals surface area contributed by atoms with Crippen molar-refractivity contribution in [2.75, 3.05) is 7.11 Å². The number of hydrogen-bond acceptors (Lipinski definition) is 5. The maximum atomic E-state index is 12.4. The summed E-state index contributed by atoms with van der Waals surface area (Å²) in [7, 11) is -3.20. The van der Waals surface area contributed by atoms with Gasteiger partial charge in [-0.05, 0) is 6.07 Å². The number of halogens is 2. The number of nitrogens with zero attached hydrogens (tertiary/aromatic N) is 1. The van der Waals surface area contributed by atoms with Gasteiger partial charge in [0.1, 0.15) is 0 Å². The summed E-state index contributed by atoms with van der Waals surface area (Å²) in [6, 6.07) is 0.498. The molecule has 1 heterocycles. The molecule has 0 radical (unpaired) electrons. The molecule has 0 saturated heterocycles.